The molecule has 2 nitrogen and oxygen atoms in total. The molecule has 0 aromatic rings. The first kappa shape index (κ1) is 12.2. The van der Waals surface area contributed by atoms with Crippen LogP contribution >= 0.6 is 0 Å². The first-order valence-electron chi connectivity index (χ1n) is 5.60. The maximum absolute atomic E-state index is 3.46. The Labute approximate surface area is 94.0 Å². The molecule has 0 atom stereocenters. The zero-order chi connectivity index (χ0) is 11.8. The minimum Gasteiger partial charge on any atom is -0.303 e. The van der Waals surface area contributed by atoms with Crippen molar-refractivity contribution in [1.29, 1.82) is 0 Å². The summed E-state index contributed by atoms with van der Waals surface area (Å²) in [7, 11) is 2.08. The second-order valence-corrected chi connectivity index (χ2v) is 5.72. The van der Waals surface area contributed by atoms with Crippen molar-refractivity contribution in [2.75, 3.05) is 7.05 Å². The van der Waals surface area contributed by atoms with Crippen molar-refractivity contribution in [1.82, 2.24) is 10.4 Å². The number of nitrogens with zero attached hydrogens (tertiary/aromatic N) is 1. The molecule has 86 valence electrons. The van der Waals surface area contributed by atoms with Crippen LogP contribution in [-0.2, 0) is 0 Å². The van der Waals surface area contributed by atoms with E-state index in [4.69, 9.17) is 0 Å². The second kappa shape index (κ2) is 3.92. The molecule has 0 amide bonds. The average molecular weight is 208 g/mol. The van der Waals surface area contributed by atoms with Crippen LogP contribution in [0, 0.1) is 5.41 Å². The molecule has 1 rings (SSSR count). The summed E-state index contributed by atoms with van der Waals surface area (Å²) in [5.41, 5.74) is 9.25. The molecule has 0 radical (unpaired) electrons. The Balaban J connectivity index is 2.99. The highest BCUT2D eigenvalue weighted by molar-refractivity contribution is 5.37. The highest BCUT2D eigenvalue weighted by Gasteiger charge is 2.21. The molecule has 0 bridgehead atoms. The molecule has 1 aliphatic heterocycles. The Morgan fingerprint density at radius 2 is 1.60 bits per heavy atom. The van der Waals surface area contributed by atoms with E-state index in [2.05, 4.69) is 59.0 Å². The molecular formula is C13H24N2. The predicted molar refractivity (Wildman–Crippen MR) is 66.0 cm³/mol. The van der Waals surface area contributed by atoms with Gasteiger partial charge in [0.25, 0.3) is 0 Å². The Kier molecular flexibility index (Phi) is 3.17. The second-order valence-electron chi connectivity index (χ2n) is 5.72. The molecule has 0 saturated carbocycles. The van der Waals surface area contributed by atoms with Crippen LogP contribution in [0.5, 0.6) is 0 Å². The van der Waals surface area contributed by atoms with Gasteiger partial charge in [0.05, 0.1) is 0 Å². The Morgan fingerprint density at radius 3 is 2.07 bits per heavy atom. The summed E-state index contributed by atoms with van der Waals surface area (Å²) >= 11 is 0. The van der Waals surface area contributed by atoms with Gasteiger partial charge in [-0.1, -0.05) is 20.8 Å². The van der Waals surface area contributed by atoms with Crippen molar-refractivity contribution in [3.63, 3.8) is 0 Å². The molecule has 0 saturated heterocycles. The van der Waals surface area contributed by atoms with Crippen molar-refractivity contribution in [2.45, 2.75) is 48.0 Å². The third-order valence-corrected chi connectivity index (χ3v) is 3.07. The summed E-state index contributed by atoms with van der Waals surface area (Å²) in [5, 5.41) is 2.11. The van der Waals surface area contributed by atoms with Crippen LogP contribution in [0.15, 0.2) is 22.5 Å². The van der Waals surface area contributed by atoms with Crippen LogP contribution in [0.2, 0.25) is 0 Å². The smallest absolute Gasteiger partial charge is 0.0353 e. The van der Waals surface area contributed by atoms with Crippen LogP contribution in [0.1, 0.15) is 48.0 Å². The van der Waals surface area contributed by atoms with Gasteiger partial charge in [-0.15, -0.1) is 0 Å². The molecule has 0 unspecified atom stereocenters. The van der Waals surface area contributed by atoms with Gasteiger partial charge in [0.2, 0.25) is 0 Å². The number of allylic oxidation sites excluding steroid dienone is 4. The normalized spacial score (nSPS) is 18.5. The van der Waals surface area contributed by atoms with Crippen LogP contribution in [-0.4, -0.2) is 12.1 Å². The van der Waals surface area contributed by atoms with E-state index in [1.54, 1.807) is 0 Å². The molecule has 1 aliphatic rings. The van der Waals surface area contributed by atoms with Gasteiger partial charge in [-0.25, -0.2) is 0 Å². The third-order valence-electron chi connectivity index (χ3n) is 3.07. The van der Waals surface area contributed by atoms with Crippen molar-refractivity contribution >= 4 is 0 Å². The van der Waals surface area contributed by atoms with Gasteiger partial charge in [0.15, 0.2) is 0 Å². The Hall–Kier alpha value is -0.920. The fourth-order valence-corrected chi connectivity index (χ4v) is 1.82. The highest BCUT2D eigenvalue weighted by Crippen LogP contribution is 2.30. The van der Waals surface area contributed by atoms with E-state index in [1.165, 1.54) is 22.5 Å². The molecule has 15 heavy (non-hydrogen) atoms. The van der Waals surface area contributed by atoms with Crippen LogP contribution in [0.25, 0.3) is 0 Å². The zero-order valence-corrected chi connectivity index (χ0v) is 11.2. The predicted octanol–water partition coefficient (Wildman–Crippen LogP) is 3.44. The van der Waals surface area contributed by atoms with Crippen LogP contribution < -0.4 is 5.43 Å². The number of hydrogen-bond donors (Lipinski definition) is 1. The van der Waals surface area contributed by atoms with Gasteiger partial charge in [-0.05, 0) is 43.8 Å². The van der Waals surface area contributed by atoms with E-state index in [0.29, 0.717) is 5.41 Å². The lowest BCUT2D eigenvalue weighted by Crippen LogP contribution is -2.37. The molecule has 2 heteroatoms. The van der Waals surface area contributed by atoms with Crippen molar-refractivity contribution in [3.05, 3.63) is 22.5 Å². The monoisotopic (exact) mass is 208 g/mol. The average Bonchev–Trinajstić information content (AvgIpc) is 2.08. The summed E-state index contributed by atoms with van der Waals surface area (Å²) in [6, 6.07) is 0. The topological polar surface area (TPSA) is 15.3 Å². The summed E-state index contributed by atoms with van der Waals surface area (Å²) in [6.07, 6.45) is 1.09. The molecule has 0 fully saturated rings. The van der Waals surface area contributed by atoms with E-state index in [9.17, 15) is 0 Å². The van der Waals surface area contributed by atoms with Crippen molar-refractivity contribution in [2.24, 2.45) is 5.41 Å². The first-order chi connectivity index (χ1) is 6.72. The fourth-order valence-electron chi connectivity index (χ4n) is 1.82. The fraction of sp³-hybridized carbons (Fsp3) is 0.692. The lowest BCUT2D eigenvalue weighted by atomic mass is 9.87. The van der Waals surface area contributed by atoms with Crippen molar-refractivity contribution < 1.29 is 0 Å². The van der Waals surface area contributed by atoms with Gasteiger partial charge in [-0.2, -0.15) is 0 Å². The maximum Gasteiger partial charge on any atom is 0.0353 e. The van der Waals surface area contributed by atoms with E-state index in [1.807, 2.05) is 0 Å². The van der Waals surface area contributed by atoms with E-state index in [0.717, 1.165) is 6.42 Å². The van der Waals surface area contributed by atoms with Gasteiger partial charge in [0, 0.05) is 18.4 Å². The summed E-state index contributed by atoms with van der Waals surface area (Å²) < 4.78 is 0. The zero-order valence-electron chi connectivity index (χ0n) is 11.2. The summed E-state index contributed by atoms with van der Waals surface area (Å²) in [5.74, 6) is 0. The molecule has 1 N–H and O–H groups in total. The summed E-state index contributed by atoms with van der Waals surface area (Å²) in [6.45, 7) is 13.4. The Morgan fingerprint density at radius 1 is 1.07 bits per heavy atom. The van der Waals surface area contributed by atoms with Gasteiger partial charge < -0.3 is 5.43 Å². The lowest BCUT2D eigenvalue weighted by Gasteiger charge is -2.34. The minimum atomic E-state index is 0.329. The van der Waals surface area contributed by atoms with E-state index < -0.39 is 0 Å². The largest absolute Gasteiger partial charge is 0.303 e. The first-order valence-corrected chi connectivity index (χ1v) is 5.60. The molecule has 0 aliphatic carbocycles. The summed E-state index contributed by atoms with van der Waals surface area (Å²) in [4.78, 5) is 0. The number of rotatable bonds is 1. The van der Waals surface area contributed by atoms with Crippen molar-refractivity contribution in [3.8, 4) is 0 Å². The quantitative estimate of drug-likeness (QED) is 0.710. The van der Waals surface area contributed by atoms with Gasteiger partial charge in [-0.3, -0.25) is 5.01 Å². The SMILES string of the molecule is CC1=C(CC(C)(C)C)NN(C)C(C)=C1C. The standard InChI is InChI=1S/C13H24N2/c1-9-10(2)12(8-13(4,5)6)14-15(7)11(9)3/h14H,8H2,1-7H3. The van der Waals surface area contributed by atoms with Crippen LogP contribution in [0.4, 0.5) is 0 Å². The Bertz CT molecular complexity index is 316. The third kappa shape index (κ3) is 2.77. The number of hydrogen-bond acceptors (Lipinski definition) is 2. The van der Waals surface area contributed by atoms with Gasteiger partial charge in [0.1, 0.15) is 0 Å². The van der Waals surface area contributed by atoms with E-state index >= 15 is 0 Å². The van der Waals surface area contributed by atoms with E-state index in [-0.39, 0.29) is 0 Å². The van der Waals surface area contributed by atoms with Gasteiger partial charge >= 0.3 is 0 Å². The minimum absolute atomic E-state index is 0.329. The maximum atomic E-state index is 3.46. The number of hydrazine groups is 1. The van der Waals surface area contributed by atoms with Crippen LogP contribution in [0.3, 0.4) is 0 Å². The lowest BCUT2D eigenvalue weighted by molar-refractivity contribution is 0.292. The number of nitrogens with one attached hydrogen (secondary N) is 1. The molecular weight excluding hydrogens is 184 g/mol. The molecule has 0 aromatic heterocycles. The highest BCUT2D eigenvalue weighted by atomic mass is 15.5. The molecule has 0 aromatic carbocycles. The molecule has 1 heterocycles. The molecule has 0 spiro atoms.